The molecule has 1 fully saturated rings. The fraction of sp³-hybridized carbons (Fsp3) is 0.500. The van der Waals surface area contributed by atoms with Crippen LogP contribution in [0.5, 0.6) is 5.75 Å². The molecule has 0 unspecified atom stereocenters. The first kappa shape index (κ1) is 15.1. The van der Waals surface area contributed by atoms with E-state index in [1.165, 1.54) is 0 Å². The molecule has 1 N–H and O–H groups in total. The van der Waals surface area contributed by atoms with Gasteiger partial charge in [-0.2, -0.15) is 4.68 Å². The van der Waals surface area contributed by atoms with Gasteiger partial charge in [-0.3, -0.25) is 4.90 Å². The van der Waals surface area contributed by atoms with Gasteiger partial charge in [0.15, 0.2) is 0 Å². The molecule has 1 saturated heterocycles. The van der Waals surface area contributed by atoms with E-state index in [1.54, 1.807) is 16.5 Å². The molecule has 1 aromatic carbocycles. The fourth-order valence-electron chi connectivity index (χ4n) is 2.50. The minimum Gasteiger partial charge on any atom is -0.497 e. The Kier molecular flexibility index (Phi) is 4.51. The summed E-state index contributed by atoms with van der Waals surface area (Å²) in [5.41, 5.74) is 0.853. The van der Waals surface area contributed by atoms with Crippen molar-refractivity contribution in [3.63, 3.8) is 0 Å². The van der Waals surface area contributed by atoms with E-state index in [-0.39, 0.29) is 6.10 Å². The van der Waals surface area contributed by atoms with Gasteiger partial charge in [0, 0.05) is 13.1 Å². The number of likely N-dealkylation sites (tertiary alicyclic amines) is 1. The molecule has 1 aliphatic rings. The highest BCUT2D eigenvalue weighted by atomic mass is 32.1. The molecule has 22 heavy (non-hydrogen) atoms. The van der Waals surface area contributed by atoms with Crippen LogP contribution in [-0.2, 0) is 6.67 Å². The molecule has 0 bridgehead atoms. The molecule has 0 amide bonds. The number of hydrogen-bond donors (Lipinski definition) is 1. The van der Waals surface area contributed by atoms with Crippen molar-refractivity contribution in [3.8, 4) is 11.4 Å². The summed E-state index contributed by atoms with van der Waals surface area (Å²) in [5, 5.41) is 17.8. The highest BCUT2D eigenvalue weighted by Crippen LogP contribution is 2.15. The second-order valence-electron chi connectivity index (χ2n) is 5.36. The summed E-state index contributed by atoms with van der Waals surface area (Å²) in [6.45, 7) is 2.29. The Hall–Kier alpha value is -1.77. The molecule has 1 aliphatic heterocycles. The Morgan fingerprint density at radius 3 is 2.55 bits per heavy atom. The Morgan fingerprint density at radius 2 is 1.91 bits per heavy atom. The lowest BCUT2D eigenvalue weighted by Crippen LogP contribution is -2.37. The third kappa shape index (κ3) is 3.18. The van der Waals surface area contributed by atoms with Crippen LogP contribution in [0.2, 0.25) is 0 Å². The van der Waals surface area contributed by atoms with Crippen LogP contribution in [-0.4, -0.2) is 56.1 Å². The quantitative estimate of drug-likeness (QED) is 0.854. The predicted molar refractivity (Wildman–Crippen MR) is 83.5 cm³/mol. The van der Waals surface area contributed by atoms with Gasteiger partial charge in [-0.1, -0.05) is 0 Å². The van der Waals surface area contributed by atoms with E-state index in [9.17, 15) is 5.11 Å². The lowest BCUT2D eigenvalue weighted by Gasteiger charge is -2.28. The number of aliphatic hydroxyl groups excluding tert-OH is 1. The minimum absolute atomic E-state index is 0.181. The van der Waals surface area contributed by atoms with Crippen molar-refractivity contribution in [3.05, 3.63) is 29.0 Å². The van der Waals surface area contributed by atoms with E-state index >= 15 is 0 Å². The van der Waals surface area contributed by atoms with Crippen LogP contribution in [0.4, 0.5) is 0 Å². The first-order chi connectivity index (χ1) is 10.7. The number of nitrogens with zero attached hydrogens (tertiary/aromatic N) is 5. The zero-order valence-corrected chi connectivity index (χ0v) is 13.2. The number of tetrazole rings is 1. The van der Waals surface area contributed by atoms with Gasteiger partial charge < -0.3 is 9.84 Å². The molecule has 0 aliphatic carbocycles. The largest absolute Gasteiger partial charge is 0.497 e. The molecule has 0 saturated carbocycles. The Morgan fingerprint density at radius 1 is 1.23 bits per heavy atom. The van der Waals surface area contributed by atoms with Crippen molar-refractivity contribution >= 4 is 12.2 Å². The van der Waals surface area contributed by atoms with Gasteiger partial charge in [0.2, 0.25) is 4.77 Å². The van der Waals surface area contributed by atoms with Crippen molar-refractivity contribution in [2.24, 2.45) is 0 Å². The van der Waals surface area contributed by atoms with E-state index in [4.69, 9.17) is 17.0 Å². The number of aromatic nitrogens is 4. The van der Waals surface area contributed by atoms with Crippen molar-refractivity contribution < 1.29 is 9.84 Å². The van der Waals surface area contributed by atoms with Crippen LogP contribution in [0.15, 0.2) is 24.3 Å². The third-order valence-electron chi connectivity index (χ3n) is 3.85. The maximum absolute atomic E-state index is 9.55. The topological polar surface area (TPSA) is 68.3 Å². The lowest BCUT2D eigenvalue weighted by atomic mass is 10.1. The smallest absolute Gasteiger partial charge is 0.221 e. The van der Waals surface area contributed by atoms with Crippen LogP contribution >= 0.6 is 12.2 Å². The zero-order chi connectivity index (χ0) is 15.5. The van der Waals surface area contributed by atoms with Crippen LogP contribution in [0.25, 0.3) is 5.69 Å². The standard InChI is InChI=1S/C14H19N5O2S/c1-21-13-4-2-11(3-5-13)19-14(22)18(15-16-19)10-17-8-6-12(20)7-9-17/h2-5,12,20H,6-10H2,1H3. The SMILES string of the molecule is COc1ccc(-n2nnn(CN3CCC(O)CC3)c2=S)cc1. The van der Waals surface area contributed by atoms with Gasteiger partial charge in [0.1, 0.15) is 5.75 Å². The van der Waals surface area contributed by atoms with Crippen LogP contribution in [0.3, 0.4) is 0 Å². The predicted octanol–water partition coefficient (Wildman–Crippen LogP) is 1.22. The summed E-state index contributed by atoms with van der Waals surface area (Å²) >= 11 is 5.45. The minimum atomic E-state index is -0.181. The number of hydrogen-bond acceptors (Lipinski definition) is 6. The average Bonchev–Trinajstić information content (AvgIpc) is 2.91. The molecule has 8 heteroatoms. The molecule has 118 valence electrons. The number of aliphatic hydroxyl groups is 1. The third-order valence-corrected chi connectivity index (χ3v) is 4.23. The summed E-state index contributed by atoms with van der Waals surface area (Å²) in [6, 6.07) is 7.51. The summed E-state index contributed by atoms with van der Waals surface area (Å²) in [4.78, 5) is 2.22. The lowest BCUT2D eigenvalue weighted by molar-refractivity contribution is 0.0647. The molecule has 0 radical (unpaired) electrons. The van der Waals surface area contributed by atoms with E-state index in [0.717, 1.165) is 37.4 Å². The summed E-state index contributed by atoms with van der Waals surface area (Å²) in [7, 11) is 1.63. The number of methoxy groups -OCH3 is 1. The summed E-state index contributed by atoms with van der Waals surface area (Å²) < 4.78 is 9.04. The number of benzene rings is 1. The molecule has 2 aromatic rings. The Labute approximate surface area is 133 Å². The first-order valence-corrected chi connectivity index (χ1v) is 7.66. The van der Waals surface area contributed by atoms with E-state index in [0.29, 0.717) is 11.4 Å². The molecule has 0 atom stereocenters. The van der Waals surface area contributed by atoms with E-state index < -0.39 is 0 Å². The van der Waals surface area contributed by atoms with Crippen molar-refractivity contribution in [2.45, 2.75) is 25.6 Å². The molecule has 1 aromatic heterocycles. The van der Waals surface area contributed by atoms with Crippen molar-refractivity contribution in [1.82, 2.24) is 24.7 Å². The van der Waals surface area contributed by atoms with Crippen molar-refractivity contribution in [2.75, 3.05) is 20.2 Å². The number of rotatable bonds is 4. The number of ether oxygens (including phenoxy) is 1. The normalized spacial score (nSPS) is 16.8. The van der Waals surface area contributed by atoms with Crippen LogP contribution < -0.4 is 4.74 Å². The van der Waals surface area contributed by atoms with Gasteiger partial charge in [0.25, 0.3) is 0 Å². The monoisotopic (exact) mass is 321 g/mol. The molecule has 0 spiro atoms. The van der Waals surface area contributed by atoms with Crippen LogP contribution in [0.1, 0.15) is 12.8 Å². The number of piperidine rings is 1. The second-order valence-corrected chi connectivity index (χ2v) is 5.73. The highest BCUT2D eigenvalue weighted by Gasteiger charge is 2.18. The molecule has 3 rings (SSSR count). The highest BCUT2D eigenvalue weighted by molar-refractivity contribution is 7.71. The van der Waals surface area contributed by atoms with Gasteiger partial charge >= 0.3 is 0 Å². The van der Waals surface area contributed by atoms with Gasteiger partial charge in [-0.25, -0.2) is 4.68 Å². The summed E-state index contributed by atoms with van der Waals surface area (Å²) in [5.74, 6) is 0.787. The maximum Gasteiger partial charge on any atom is 0.221 e. The maximum atomic E-state index is 9.55. The van der Waals surface area contributed by atoms with E-state index in [2.05, 4.69) is 15.3 Å². The van der Waals surface area contributed by atoms with Gasteiger partial charge in [-0.15, -0.1) is 0 Å². The zero-order valence-electron chi connectivity index (χ0n) is 12.4. The molecule has 7 nitrogen and oxygen atoms in total. The first-order valence-electron chi connectivity index (χ1n) is 7.25. The average molecular weight is 321 g/mol. The second kappa shape index (κ2) is 6.55. The summed E-state index contributed by atoms with van der Waals surface area (Å²) in [6.07, 6.45) is 1.40. The van der Waals surface area contributed by atoms with Crippen LogP contribution in [0, 0.1) is 4.77 Å². The molecular weight excluding hydrogens is 302 g/mol. The molecule has 2 heterocycles. The van der Waals surface area contributed by atoms with Crippen molar-refractivity contribution in [1.29, 1.82) is 0 Å². The fourth-order valence-corrected chi connectivity index (χ4v) is 2.73. The van der Waals surface area contributed by atoms with Gasteiger partial charge in [-0.05, 0) is 59.8 Å². The Balaban J connectivity index is 1.75. The van der Waals surface area contributed by atoms with E-state index in [1.807, 2.05) is 24.3 Å². The van der Waals surface area contributed by atoms with Gasteiger partial charge in [0.05, 0.1) is 25.6 Å². The molecular formula is C14H19N5O2S. The Bertz CT molecular complexity index is 673.